The highest BCUT2D eigenvalue weighted by Crippen LogP contribution is 2.15. The summed E-state index contributed by atoms with van der Waals surface area (Å²) in [7, 11) is 0. The normalized spacial score (nSPS) is 11.1. The summed E-state index contributed by atoms with van der Waals surface area (Å²) in [4.78, 5) is 13.7. The Hall–Kier alpha value is -1.77. The molecule has 28 heavy (non-hydrogen) atoms. The van der Waals surface area contributed by atoms with Crippen molar-refractivity contribution in [3.63, 3.8) is 0 Å². The lowest BCUT2D eigenvalue weighted by molar-refractivity contribution is 0.607. The number of unbranched alkanes of at least 4 members (excludes halogenated alkanes) is 10. The van der Waals surface area contributed by atoms with Crippen LogP contribution in [0.3, 0.4) is 0 Å². The van der Waals surface area contributed by atoms with Gasteiger partial charge in [0.2, 0.25) is 0 Å². The molecule has 0 bridgehead atoms. The van der Waals surface area contributed by atoms with Gasteiger partial charge in [-0.05, 0) is 42.9 Å². The van der Waals surface area contributed by atoms with Crippen molar-refractivity contribution in [3.8, 4) is 11.5 Å². The molecule has 0 saturated carbocycles. The minimum absolute atomic E-state index is 0.734. The average molecular weight is 382 g/mol. The standard InChI is InChI=1S/C25H39N3/c1-3-5-7-9-11-13-15-22-17-18-24(26-19-22)25-27-20-23(21-28-25)16-14-12-10-8-6-4-2/h17-21H,3-16H2,1-2H3. The van der Waals surface area contributed by atoms with Crippen LogP contribution in [0.5, 0.6) is 0 Å². The van der Waals surface area contributed by atoms with Gasteiger partial charge in [-0.15, -0.1) is 0 Å². The van der Waals surface area contributed by atoms with E-state index in [0.29, 0.717) is 0 Å². The fraction of sp³-hybridized carbons (Fsp3) is 0.640. The van der Waals surface area contributed by atoms with Crippen LogP contribution in [0.4, 0.5) is 0 Å². The first-order chi connectivity index (χ1) is 13.8. The van der Waals surface area contributed by atoms with Crippen LogP contribution in [0.2, 0.25) is 0 Å². The molecule has 3 heteroatoms. The Morgan fingerprint density at radius 3 is 1.57 bits per heavy atom. The van der Waals surface area contributed by atoms with Crippen molar-refractivity contribution in [2.75, 3.05) is 0 Å². The maximum atomic E-state index is 4.59. The van der Waals surface area contributed by atoms with Gasteiger partial charge in [0.05, 0.1) is 0 Å². The van der Waals surface area contributed by atoms with E-state index in [1.807, 2.05) is 18.6 Å². The van der Waals surface area contributed by atoms with Crippen molar-refractivity contribution in [1.29, 1.82) is 0 Å². The number of pyridine rings is 1. The molecule has 0 N–H and O–H groups in total. The van der Waals surface area contributed by atoms with Crippen molar-refractivity contribution < 1.29 is 0 Å². The van der Waals surface area contributed by atoms with E-state index in [-0.39, 0.29) is 0 Å². The number of aromatic nitrogens is 3. The SMILES string of the molecule is CCCCCCCCc1ccc(-c2ncc(CCCCCCCC)cn2)nc1. The summed E-state index contributed by atoms with van der Waals surface area (Å²) in [6.07, 6.45) is 24.1. The molecule has 0 spiro atoms. The topological polar surface area (TPSA) is 38.7 Å². The van der Waals surface area contributed by atoms with Crippen LogP contribution in [0.1, 0.15) is 102 Å². The molecular formula is C25H39N3. The molecule has 2 aromatic rings. The zero-order chi connectivity index (χ0) is 19.9. The van der Waals surface area contributed by atoms with E-state index in [9.17, 15) is 0 Å². The molecule has 0 aliphatic rings. The summed E-state index contributed by atoms with van der Waals surface area (Å²) in [5.41, 5.74) is 3.43. The lowest BCUT2D eigenvalue weighted by Gasteiger charge is -2.05. The third-order valence-electron chi connectivity index (χ3n) is 5.40. The van der Waals surface area contributed by atoms with Gasteiger partial charge < -0.3 is 0 Å². The van der Waals surface area contributed by atoms with E-state index in [1.54, 1.807) is 0 Å². The van der Waals surface area contributed by atoms with Gasteiger partial charge in [-0.3, -0.25) is 4.98 Å². The first kappa shape index (κ1) is 22.5. The first-order valence-electron chi connectivity index (χ1n) is 11.6. The van der Waals surface area contributed by atoms with Gasteiger partial charge in [-0.2, -0.15) is 0 Å². The maximum Gasteiger partial charge on any atom is 0.178 e. The summed E-state index contributed by atoms with van der Waals surface area (Å²) in [5, 5.41) is 0. The number of hydrogen-bond donors (Lipinski definition) is 0. The number of aryl methyl sites for hydroxylation is 2. The Morgan fingerprint density at radius 2 is 1.04 bits per heavy atom. The van der Waals surface area contributed by atoms with E-state index in [0.717, 1.165) is 24.4 Å². The van der Waals surface area contributed by atoms with E-state index < -0.39 is 0 Å². The van der Waals surface area contributed by atoms with Crippen LogP contribution in [0.15, 0.2) is 30.7 Å². The molecule has 0 atom stereocenters. The highest BCUT2D eigenvalue weighted by Gasteiger charge is 2.04. The van der Waals surface area contributed by atoms with Crippen LogP contribution in [-0.4, -0.2) is 15.0 Å². The second-order valence-electron chi connectivity index (χ2n) is 8.00. The fourth-order valence-corrected chi connectivity index (χ4v) is 3.54. The summed E-state index contributed by atoms with van der Waals surface area (Å²) >= 11 is 0. The smallest absolute Gasteiger partial charge is 0.178 e. The number of rotatable bonds is 15. The molecule has 154 valence electrons. The third kappa shape index (κ3) is 8.95. The van der Waals surface area contributed by atoms with E-state index in [2.05, 4.69) is 40.9 Å². The lowest BCUT2D eigenvalue weighted by atomic mass is 10.1. The van der Waals surface area contributed by atoms with Gasteiger partial charge >= 0.3 is 0 Å². The van der Waals surface area contributed by atoms with Gasteiger partial charge in [-0.1, -0.05) is 84.1 Å². The first-order valence-corrected chi connectivity index (χ1v) is 11.6. The van der Waals surface area contributed by atoms with Gasteiger partial charge in [0.15, 0.2) is 5.82 Å². The largest absolute Gasteiger partial charge is 0.253 e. The Labute approximate surface area is 172 Å². The predicted octanol–water partition coefficient (Wildman–Crippen LogP) is 7.34. The fourth-order valence-electron chi connectivity index (χ4n) is 3.54. The van der Waals surface area contributed by atoms with Crippen molar-refractivity contribution in [3.05, 3.63) is 41.9 Å². The highest BCUT2D eigenvalue weighted by atomic mass is 14.9. The summed E-state index contributed by atoms with van der Waals surface area (Å²) < 4.78 is 0. The molecular weight excluding hydrogens is 342 g/mol. The molecule has 3 nitrogen and oxygen atoms in total. The molecule has 2 aromatic heterocycles. The monoisotopic (exact) mass is 381 g/mol. The summed E-state index contributed by atoms with van der Waals surface area (Å²) in [6.45, 7) is 4.52. The molecule has 0 amide bonds. The molecule has 0 aliphatic carbocycles. The van der Waals surface area contributed by atoms with Crippen molar-refractivity contribution in [2.24, 2.45) is 0 Å². The molecule has 2 heterocycles. The molecule has 0 unspecified atom stereocenters. The van der Waals surface area contributed by atoms with Crippen molar-refractivity contribution in [2.45, 2.75) is 104 Å². The van der Waals surface area contributed by atoms with E-state index in [1.165, 1.54) is 88.2 Å². The Bertz CT molecular complexity index is 562. The Kier molecular flexibility index (Phi) is 11.5. The van der Waals surface area contributed by atoms with E-state index in [4.69, 9.17) is 0 Å². The quantitative estimate of drug-likeness (QED) is 0.303. The van der Waals surface area contributed by atoms with Crippen molar-refractivity contribution >= 4 is 0 Å². The molecule has 0 saturated heterocycles. The predicted molar refractivity (Wildman–Crippen MR) is 119 cm³/mol. The average Bonchev–Trinajstić information content (AvgIpc) is 2.74. The highest BCUT2D eigenvalue weighted by molar-refractivity contribution is 5.48. The molecule has 0 aromatic carbocycles. The second-order valence-corrected chi connectivity index (χ2v) is 8.00. The molecule has 2 rings (SSSR count). The maximum absolute atomic E-state index is 4.59. The molecule has 0 aliphatic heterocycles. The minimum atomic E-state index is 0.734. The van der Waals surface area contributed by atoms with Crippen LogP contribution in [0, 0.1) is 0 Å². The zero-order valence-corrected chi connectivity index (χ0v) is 18.1. The minimum Gasteiger partial charge on any atom is -0.253 e. The van der Waals surface area contributed by atoms with Gasteiger partial charge in [0, 0.05) is 18.6 Å². The van der Waals surface area contributed by atoms with E-state index >= 15 is 0 Å². The molecule has 0 fully saturated rings. The Balaban J connectivity index is 1.71. The Morgan fingerprint density at radius 1 is 0.536 bits per heavy atom. The van der Waals surface area contributed by atoms with Crippen LogP contribution < -0.4 is 0 Å². The number of hydrogen-bond acceptors (Lipinski definition) is 3. The van der Waals surface area contributed by atoms with Crippen LogP contribution in [0.25, 0.3) is 11.5 Å². The number of nitrogens with zero attached hydrogens (tertiary/aromatic N) is 3. The summed E-state index contributed by atoms with van der Waals surface area (Å²) in [6, 6.07) is 4.25. The molecule has 0 radical (unpaired) electrons. The van der Waals surface area contributed by atoms with Crippen LogP contribution >= 0.6 is 0 Å². The van der Waals surface area contributed by atoms with Crippen molar-refractivity contribution in [1.82, 2.24) is 15.0 Å². The summed E-state index contributed by atoms with van der Waals surface area (Å²) in [5.74, 6) is 0.734. The lowest BCUT2D eigenvalue weighted by Crippen LogP contribution is -1.96. The van der Waals surface area contributed by atoms with Crippen LogP contribution in [-0.2, 0) is 12.8 Å². The zero-order valence-electron chi connectivity index (χ0n) is 18.1. The van der Waals surface area contributed by atoms with Gasteiger partial charge in [0.1, 0.15) is 5.69 Å². The second kappa shape index (κ2) is 14.3. The van der Waals surface area contributed by atoms with Gasteiger partial charge in [0.25, 0.3) is 0 Å². The van der Waals surface area contributed by atoms with Gasteiger partial charge in [-0.25, -0.2) is 9.97 Å². The third-order valence-corrected chi connectivity index (χ3v) is 5.40.